The number of rotatable bonds is 12. The van der Waals surface area contributed by atoms with Crippen molar-refractivity contribution in [1.29, 1.82) is 0 Å². The quantitative estimate of drug-likeness (QED) is 0.129. The zero-order valence-electron chi connectivity index (χ0n) is 21.0. The highest BCUT2D eigenvalue weighted by molar-refractivity contribution is 9.09. The van der Waals surface area contributed by atoms with E-state index < -0.39 is 16.6 Å². The molecule has 0 saturated heterocycles. The van der Waals surface area contributed by atoms with Gasteiger partial charge in [-0.3, -0.25) is 0 Å². The van der Waals surface area contributed by atoms with Gasteiger partial charge in [-0.15, -0.1) is 0 Å². The molecule has 1 nitrogen and oxygen atoms in total. The van der Waals surface area contributed by atoms with Crippen LogP contribution >= 0.6 is 31.9 Å². The lowest BCUT2D eigenvalue weighted by atomic mass is 10.2. The molecule has 0 radical (unpaired) electrons. The van der Waals surface area contributed by atoms with Crippen molar-refractivity contribution >= 4 is 48.5 Å². The van der Waals surface area contributed by atoms with E-state index in [9.17, 15) is 0 Å². The molecule has 0 rings (SSSR count). The van der Waals surface area contributed by atoms with Crippen LogP contribution in [0, 0.1) is 0 Å². The van der Waals surface area contributed by atoms with Gasteiger partial charge in [-0.1, -0.05) is 96.7 Å². The predicted molar refractivity (Wildman–Crippen MR) is 147 cm³/mol. The number of halogens is 2. The first-order valence-corrected chi connectivity index (χ1v) is 18.7. The van der Waals surface area contributed by atoms with Crippen LogP contribution in [0.15, 0.2) is 23.3 Å². The van der Waals surface area contributed by atoms with Crippen LogP contribution in [0.25, 0.3) is 0 Å². The average Bonchev–Trinajstić information content (AvgIpc) is 2.59. The van der Waals surface area contributed by atoms with Gasteiger partial charge in [0.25, 0.3) is 0 Å². The fraction of sp³-hybridized carbons (Fsp3) is 0.833. The SMILES string of the molecule is C/C(=C\CCBr)CC[Si](C)(O[Si](C)(CC/C(C)=C/CCBr)C(C)(C)C)C(C)(C)C. The minimum absolute atomic E-state index is 0.239. The normalized spacial score (nSPS) is 18.5. The van der Waals surface area contributed by atoms with Gasteiger partial charge in [0.15, 0.2) is 16.6 Å². The summed E-state index contributed by atoms with van der Waals surface area (Å²) in [5, 5.41) is 2.57. The zero-order valence-corrected chi connectivity index (χ0v) is 26.1. The van der Waals surface area contributed by atoms with E-state index >= 15 is 0 Å². The van der Waals surface area contributed by atoms with Crippen LogP contribution in [-0.4, -0.2) is 27.3 Å². The Labute approximate surface area is 202 Å². The molecule has 2 unspecified atom stereocenters. The van der Waals surface area contributed by atoms with Gasteiger partial charge in [0.2, 0.25) is 0 Å². The number of alkyl halides is 2. The van der Waals surface area contributed by atoms with Gasteiger partial charge < -0.3 is 4.12 Å². The predicted octanol–water partition coefficient (Wildman–Crippen LogP) is 10.00. The summed E-state index contributed by atoms with van der Waals surface area (Å²) >= 11 is 7.09. The Hall–Kier alpha value is 0.834. The second kappa shape index (κ2) is 12.8. The summed E-state index contributed by atoms with van der Waals surface area (Å²) in [6.07, 6.45) is 9.37. The van der Waals surface area contributed by atoms with Gasteiger partial charge in [-0.2, -0.15) is 0 Å². The van der Waals surface area contributed by atoms with Gasteiger partial charge in [0.05, 0.1) is 0 Å². The van der Waals surface area contributed by atoms with E-state index in [4.69, 9.17) is 4.12 Å². The third kappa shape index (κ3) is 10.3. The molecule has 0 aliphatic carbocycles. The number of hydrogen-bond acceptors (Lipinski definition) is 1. The van der Waals surface area contributed by atoms with Crippen molar-refractivity contribution in [1.82, 2.24) is 0 Å². The van der Waals surface area contributed by atoms with Crippen molar-refractivity contribution < 1.29 is 4.12 Å². The van der Waals surface area contributed by atoms with Crippen molar-refractivity contribution in [3.05, 3.63) is 23.3 Å². The summed E-state index contributed by atoms with van der Waals surface area (Å²) in [5.74, 6) is 0. The minimum atomic E-state index is -1.91. The molecular weight excluding hydrogens is 520 g/mol. The van der Waals surface area contributed by atoms with E-state index in [1.54, 1.807) is 0 Å². The molecule has 0 aliphatic rings. The maximum Gasteiger partial charge on any atom is 0.182 e. The Morgan fingerprint density at radius 3 is 1.28 bits per heavy atom. The second-order valence-electron chi connectivity index (χ2n) is 11.1. The molecule has 0 heterocycles. The molecule has 172 valence electrons. The highest BCUT2D eigenvalue weighted by atomic mass is 79.9. The molecule has 0 fully saturated rings. The van der Waals surface area contributed by atoms with Crippen LogP contribution in [0.4, 0.5) is 0 Å². The molecule has 0 spiro atoms. The lowest BCUT2D eigenvalue weighted by Gasteiger charge is -2.50. The molecular formula is C24H48Br2OSi2. The van der Waals surface area contributed by atoms with E-state index in [0.717, 1.165) is 23.5 Å². The monoisotopic (exact) mass is 566 g/mol. The van der Waals surface area contributed by atoms with Crippen molar-refractivity contribution in [2.75, 3.05) is 10.7 Å². The summed E-state index contributed by atoms with van der Waals surface area (Å²) in [7, 11) is -3.83. The summed E-state index contributed by atoms with van der Waals surface area (Å²) in [6.45, 7) is 24.1. The van der Waals surface area contributed by atoms with Crippen LogP contribution in [0.1, 0.15) is 81.1 Å². The van der Waals surface area contributed by atoms with E-state index in [0.29, 0.717) is 0 Å². The fourth-order valence-electron chi connectivity index (χ4n) is 3.33. The van der Waals surface area contributed by atoms with E-state index in [2.05, 4.69) is 112 Å². The molecule has 0 aromatic carbocycles. The molecule has 0 N–H and O–H groups in total. The van der Waals surface area contributed by atoms with E-state index in [-0.39, 0.29) is 10.1 Å². The standard InChI is InChI=1S/C24H48Br2OSi2/c1-21(13-11-17-25)15-19-28(9,23(3,4)5)27-29(10,24(6,7)8)20-16-22(2)14-12-18-26/h13-14H,11-12,15-20H2,1-10H3/b21-13+,22-14+. The van der Waals surface area contributed by atoms with E-state index in [1.807, 2.05) is 0 Å². The lowest BCUT2D eigenvalue weighted by molar-refractivity contribution is 0.431. The molecule has 0 amide bonds. The zero-order chi connectivity index (χ0) is 22.9. The van der Waals surface area contributed by atoms with Gasteiger partial charge >= 0.3 is 0 Å². The first kappa shape index (κ1) is 29.8. The van der Waals surface area contributed by atoms with Gasteiger partial charge in [-0.05, 0) is 74.8 Å². The maximum atomic E-state index is 7.47. The minimum Gasteiger partial charge on any atom is -0.454 e. The molecule has 5 heteroatoms. The van der Waals surface area contributed by atoms with Crippen LogP contribution in [0.3, 0.4) is 0 Å². The highest BCUT2D eigenvalue weighted by Gasteiger charge is 2.51. The van der Waals surface area contributed by atoms with Crippen molar-refractivity contribution in [2.24, 2.45) is 0 Å². The molecule has 2 atom stereocenters. The van der Waals surface area contributed by atoms with Crippen LogP contribution < -0.4 is 0 Å². The number of hydrogen-bond donors (Lipinski definition) is 0. The summed E-state index contributed by atoms with van der Waals surface area (Å²) in [5.41, 5.74) is 3.03. The Morgan fingerprint density at radius 1 is 0.724 bits per heavy atom. The van der Waals surface area contributed by atoms with Crippen LogP contribution in [-0.2, 0) is 4.12 Å². The molecule has 29 heavy (non-hydrogen) atoms. The maximum absolute atomic E-state index is 7.47. The van der Waals surface area contributed by atoms with Gasteiger partial charge in [0, 0.05) is 10.7 Å². The Kier molecular flexibility index (Phi) is 13.1. The van der Waals surface area contributed by atoms with Crippen molar-refractivity contribution in [2.45, 2.75) is 116 Å². The van der Waals surface area contributed by atoms with E-state index in [1.165, 1.54) is 36.1 Å². The smallest absolute Gasteiger partial charge is 0.182 e. The highest BCUT2D eigenvalue weighted by Crippen LogP contribution is 2.49. The van der Waals surface area contributed by atoms with Crippen LogP contribution in [0.2, 0.25) is 35.3 Å². The number of allylic oxidation sites excluding steroid dienone is 4. The molecule has 0 aromatic rings. The first-order valence-electron chi connectivity index (χ1n) is 11.3. The molecule has 0 saturated carbocycles. The summed E-state index contributed by atoms with van der Waals surface area (Å²) < 4.78 is 7.47. The first-order chi connectivity index (χ1) is 13.1. The molecule has 0 aliphatic heterocycles. The van der Waals surface area contributed by atoms with Crippen molar-refractivity contribution in [3.8, 4) is 0 Å². The Balaban J connectivity index is 5.62. The second-order valence-corrected chi connectivity index (χ2v) is 22.4. The largest absolute Gasteiger partial charge is 0.454 e. The molecule has 0 bridgehead atoms. The van der Waals surface area contributed by atoms with Gasteiger partial charge in [0.1, 0.15) is 0 Å². The topological polar surface area (TPSA) is 9.23 Å². The van der Waals surface area contributed by atoms with Gasteiger partial charge in [-0.25, -0.2) is 0 Å². The van der Waals surface area contributed by atoms with Crippen molar-refractivity contribution in [3.63, 3.8) is 0 Å². The Bertz CT molecular complexity index is 498. The molecule has 0 aromatic heterocycles. The third-order valence-corrected chi connectivity index (χ3v) is 20.1. The average molecular weight is 569 g/mol. The summed E-state index contributed by atoms with van der Waals surface area (Å²) in [6, 6.07) is 2.44. The third-order valence-electron chi connectivity index (χ3n) is 6.82. The lowest BCUT2D eigenvalue weighted by Crippen LogP contribution is -2.56. The fourth-order valence-corrected chi connectivity index (χ4v) is 14.3. The summed E-state index contributed by atoms with van der Waals surface area (Å²) in [4.78, 5) is 0. The van der Waals surface area contributed by atoms with Crippen LogP contribution in [0.5, 0.6) is 0 Å². The Morgan fingerprint density at radius 2 is 1.03 bits per heavy atom.